The molecule has 124 valence electrons. The van der Waals surface area contributed by atoms with Crippen molar-refractivity contribution in [2.24, 2.45) is 0 Å². The Hall–Kier alpha value is -3.15. The number of rotatable bonds is 5. The van der Waals surface area contributed by atoms with Gasteiger partial charge in [-0.15, -0.1) is 0 Å². The molecule has 0 aliphatic heterocycles. The van der Waals surface area contributed by atoms with Crippen LogP contribution in [-0.2, 0) is 14.3 Å². The Kier molecular flexibility index (Phi) is 5.68. The van der Waals surface area contributed by atoms with Crippen molar-refractivity contribution in [3.63, 3.8) is 0 Å². The third-order valence-corrected chi connectivity index (χ3v) is 3.18. The molecule has 2 aromatic rings. The maximum absolute atomic E-state index is 11.8. The number of esters is 2. The van der Waals surface area contributed by atoms with Crippen molar-refractivity contribution in [3.05, 3.63) is 54.1 Å². The molecule has 1 N–H and O–H groups in total. The molecule has 6 heteroatoms. The van der Waals surface area contributed by atoms with E-state index in [0.29, 0.717) is 11.3 Å². The van der Waals surface area contributed by atoms with Crippen LogP contribution in [0.4, 0.5) is 0 Å². The smallest absolute Gasteiger partial charge is 0.338 e. The number of hydrogen-bond acceptors (Lipinski definition) is 5. The summed E-state index contributed by atoms with van der Waals surface area (Å²) in [7, 11) is 1.47. The number of amides is 1. The van der Waals surface area contributed by atoms with Gasteiger partial charge >= 0.3 is 11.9 Å². The quantitative estimate of drug-likeness (QED) is 0.672. The SMILES string of the molecule is CNC(=O)COC(=O)c1ccc(-c2ccc(OC(C)=O)cc2)cc1. The lowest BCUT2D eigenvalue weighted by Gasteiger charge is -2.06. The normalized spacial score (nSPS) is 9.92. The van der Waals surface area contributed by atoms with E-state index in [2.05, 4.69) is 5.32 Å². The first-order valence-electron chi connectivity index (χ1n) is 7.26. The van der Waals surface area contributed by atoms with Gasteiger partial charge in [0.1, 0.15) is 5.75 Å². The molecule has 0 aliphatic carbocycles. The van der Waals surface area contributed by atoms with Crippen molar-refractivity contribution in [1.82, 2.24) is 5.32 Å². The van der Waals surface area contributed by atoms with Crippen molar-refractivity contribution in [3.8, 4) is 16.9 Å². The highest BCUT2D eigenvalue weighted by Gasteiger charge is 2.09. The molecular formula is C18H17NO5. The Labute approximate surface area is 139 Å². The van der Waals surface area contributed by atoms with Crippen LogP contribution in [0.25, 0.3) is 11.1 Å². The molecule has 0 saturated carbocycles. The molecule has 1 amide bonds. The molecule has 0 spiro atoms. The minimum atomic E-state index is -0.560. The van der Waals surface area contributed by atoms with E-state index in [1.54, 1.807) is 36.4 Å². The Morgan fingerprint density at radius 2 is 1.46 bits per heavy atom. The van der Waals surface area contributed by atoms with Gasteiger partial charge in [0.15, 0.2) is 6.61 Å². The van der Waals surface area contributed by atoms with Gasteiger partial charge in [0.05, 0.1) is 5.56 Å². The Balaban J connectivity index is 2.04. The Morgan fingerprint density at radius 3 is 1.96 bits per heavy atom. The number of carbonyl (C=O) groups excluding carboxylic acids is 3. The maximum Gasteiger partial charge on any atom is 0.338 e. The molecule has 2 rings (SSSR count). The second-order valence-electron chi connectivity index (χ2n) is 4.94. The number of carbonyl (C=O) groups is 3. The lowest BCUT2D eigenvalue weighted by atomic mass is 10.0. The molecule has 0 atom stereocenters. The van der Waals surface area contributed by atoms with Crippen LogP contribution < -0.4 is 10.1 Å². The molecule has 2 aromatic carbocycles. The Morgan fingerprint density at radius 1 is 0.917 bits per heavy atom. The Bertz CT molecular complexity index is 735. The van der Waals surface area contributed by atoms with Crippen LogP contribution in [0.15, 0.2) is 48.5 Å². The summed E-state index contributed by atoms with van der Waals surface area (Å²) in [6, 6.07) is 13.8. The summed E-state index contributed by atoms with van der Waals surface area (Å²) in [6.45, 7) is 1.03. The van der Waals surface area contributed by atoms with Crippen molar-refractivity contribution in [2.45, 2.75) is 6.92 Å². The van der Waals surface area contributed by atoms with E-state index in [0.717, 1.165) is 11.1 Å². The van der Waals surface area contributed by atoms with Gasteiger partial charge in [-0.25, -0.2) is 4.79 Å². The zero-order valence-corrected chi connectivity index (χ0v) is 13.4. The second-order valence-corrected chi connectivity index (χ2v) is 4.94. The molecule has 0 saturated heterocycles. The molecule has 0 heterocycles. The number of ether oxygens (including phenoxy) is 2. The minimum Gasteiger partial charge on any atom is -0.452 e. The second kappa shape index (κ2) is 7.92. The van der Waals surface area contributed by atoms with E-state index in [1.807, 2.05) is 12.1 Å². The largest absolute Gasteiger partial charge is 0.452 e. The fourth-order valence-electron chi connectivity index (χ4n) is 1.97. The average molecular weight is 327 g/mol. The molecule has 0 unspecified atom stereocenters. The van der Waals surface area contributed by atoms with E-state index < -0.39 is 5.97 Å². The van der Waals surface area contributed by atoms with Gasteiger partial charge < -0.3 is 14.8 Å². The molecule has 24 heavy (non-hydrogen) atoms. The number of hydrogen-bond donors (Lipinski definition) is 1. The minimum absolute atomic E-state index is 0.311. The van der Waals surface area contributed by atoms with Gasteiger partial charge in [-0.3, -0.25) is 9.59 Å². The van der Waals surface area contributed by atoms with Gasteiger partial charge in [-0.2, -0.15) is 0 Å². The van der Waals surface area contributed by atoms with Crippen LogP contribution in [-0.4, -0.2) is 31.5 Å². The van der Waals surface area contributed by atoms with E-state index >= 15 is 0 Å². The van der Waals surface area contributed by atoms with Gasteiger partial charge in [-0.05, 0) is 35.4 Å². The molecule has 0 aromatic heterocycles. The first-order chi connectivity index (χ1) is 11.5. The highest BCUT2D eigenvalue weighted by Crippen LogP contribution is 2.23. The van der Waals surface area contributed by atoms with E-state index in [1.165, 1.54) is 14.0 Å². The molecule has 0 aliphatic rings. The highest BCUT2D eigenvalue weighted by molar-refractivity contribution is 5.91. The molecule has 0 bridgehead atoms. The fourth-order valence-corrected chi connectivity index (χ4v) is 1.97. The third-order valence-electron chi connectivity index (χ3n) is 3.18. The monoisotopic (exact) mass is 327 g/mol. The summed E-state index contributed by atoms with van der Waals surface area (Å²) < 4.78 is 9.86. The van der Waals surface area contributed by atoms with Gasteiger partial charge in [-0.1, -0.05) is 24.3 Å². The first kappa shape index (κ1) is 17.2. The van der Waals surface area contributed by atoms with Crippen LogP contribution in [0, 0.1) is 0 Å². The van der Waals surface area contributed by atoms with Crippen LogP contribution in [0.3, 0.4) is 0 Å². The predicted octanol–water partition coefficient (Wildman–Crippen LogP) is 2.18. The van der Waals surface area contributed by atoms with Crippen molar-refractivity contribution in [2.75, 3.05) is 13.7 Å². The van der Waals surface area contributed by atoms with Gasteiger partial charge in [0.25, 0.3) is 5.91 Å². The summed E-state index contributed by atoms with van der Waals surface area (Å²) in [6.07, 6.45) is 0. The lowest BCUT2D eigenvalue weighted by Crippen LogP contribution is -2.25. The maximum atomic E-state index is 11.8. The zero-order chi connectivity index (χ0) is 17.5. The van der Waals surface area contributed by atoms with Crippen LogP contribution in [0.5, 0.6) is 5.75 Å². The molecule has 0 fully saturated rings. The highest BCUT2D eigenvalue weighted by atomic mass is 16.5. The standard InChI is InChI=1S/C18H17NO5/c1-12(20)24-16-9-7-14(8-10-16)13-3-5-15(6-4-13)18(22)23-11-17(21)19-2/h3-10H,11H2,1-2H3,(H,19,21). The van der Waals surface area contributed by atoms with Gasteiger partial charge in [0.2, 0.25) is 0 Å². The van der Waals surface area contributed by atoms with E-state index in [9.17, 15) is 14.4 Å². The fraction of sp³-hybridized carbons (Fsp3) is 0.167. The van der Waals surface area contributed by atoms with Crippen LogP contribution in [0.2, 0.25) is 0 Å². The van der Waals surface area contributed by atoms with E-state index in [4.69, 9.17) is 9.47 Å². The number of likely N-dealkylation sites (N-methyl/N-ethyl adjacent to an activating group) is 1. The topological polar surface area (TPSA) is 81.7 Å². The van der Waals surface area contributed by atoms with Gasteiger partial charge in [0, 0.05) is 14.0 Å². The summed E-state index contributed by atoms with van der Waals surface area (Å²) in [5.41, 5.74) is 2.17. The average Bonchev–Trinajstić information content (AvgIpc) is 2.59. The summed E-state index contributed by atoms with van der Waals surface area (Å²) in [4.78, 5) is 33.8. The lowest BCUT2D eigenvalue weighted by molar-refractivity contribution is -0.131. The van der Waals surface area contributed by atoms with E-state index in [-0.39, 0.29) is 18.5 Å². The van der Waals surface area contributed by atoms with Crippen molar-refractivity contribution >= 4 is 17.8 Å². The molecular weight excluding hydrogens is 310 g/mol. The number of nitrogens with one attached hydrogen (secondary N) is 1. The zero-order valence-electron chi connectivity index (χ0n) is 13.4. The summed E-state index contributed by atoms with van der Waals surface area (Å²) >= 11 is 0. The summed E-state index contributed by atoms with van der Waals surface area (Å²) in [5.74, 6) is -0.828. The third kappa shape index (κ3) is 4.67. The predicted molar refractivity (Wildman–Crippen MR) is 87.5 cm³/mol. The molecule has 6 nitrogen and oxygen atoms in total. The first-order valence-corrected chi connectivity index (χ1v) is 7.26. The van der Waals surface area contributed by atoms with Crippen molar-refractivity contribution < 1.29 is 23.9 Å². The summed E-state index contributed by atoms with van der Waals surface area (Å²) in [5, 5.41) is 2.37. The molecule has 0 radical (unpaired) electrons. The van der Waals surface area contributed by atoms with Crippen molar-refractivity contribution in [1.29, 1.82) is 0 Å². The number of benzene rings is 2. The van der Waals surface area contributed by atoms with Crippen LogP contribution >= 0.6 is 0 Å². The van der Waals surface area contributed by atoms with Crippen LogP contribution in [0.1, 0.15) is 17.3 Å².